The molecule has 0 saturated heterocycles. The first-order valence-corrected chi connectivity index (χ1v) is 5.69. The average Bonchev–Trinajstić information content (AvgIpc) is 2.37. The van der Waals surface area contributed by atoms with Crippen molar-refractivity contribution in [3.05, 3.63) is 17.5 Å². The maximum atomic E-state index is 9.66. The second-order valence-corrected chi connectivity index (χ2v) is 4.17. The predicted molar refractivity (Wildman–Crippen MR) is 70.4 cm³/mol. The van der Waals surface area contributed by atoms with E-state index in [1.54, 1.807) is 24.9 Å². The third-order valence-corrected chi connectivity index (χ3v) is 2.40. The van der Waals surface area contributed by atoms with Crippen LogP contribution in [0, 0.1) is 6.92 Å². The molecule has 8 heteroatoms. The second-order valence-electron chi connectivity index (χ2n) is 4.17. The van der Waals surface area contributed by atoms with E-state index < -0.39 is 6.10 Å². The Bertz CT molecular complexity index is 452. The number of ether oxygens (including phenoxy) is 1. The van der Waals surface area contributed by atoms with Gasteiger partial charge in [0.05, 0.1) is 12.7 Å². The molecule has 1 aromatic rings. The number of aliphatic hydroxyl groups is 1. The van der Waals surface area contributed by atoms with Gasteiger partial charge in [-0.05, 0) is 13.0 Å². The van der Waals surface area contributed by atoms with Gasteiger partial charge in [-0.15, -0.1) is 0 Å². The van der Waals surface area contributed by atoms with Crippen molar-refractivity contribution < 1.29 is 15.1 Å². The summed E-state index contributed by atoms with van der Waals surface area (Å²) in [5, 5.41) is 21.2. The van der Waals surface area contributed by atoms with Gasteiger partial charge in [0.15, 0.2) is 5.84 Å². The molecule has 0 radical (unpaired) electrons. The molecule has 0 spiro atoms. The number of aromatic nitrogens is 2. The van der Waals surface area contributed by atoms with Gasteiger partial charge in [-0.2, -0.15) is 0 Å². The molecule has 0 fully saturated rings. The van der Waals surface area contributed by atoms with E-state index in [4.69, 9.17) is 15.7 Å². The normalized spacial score (nSPS) is 13.4. The molecule has 1 unspecified atom stereocenters. The van der Waals surface area contributed by atoms with Gasteiger partial charge >= 0.3 is 0 Å². The van der Waals surface area contributed by atoms with Gasteiger partial charge in [-0.3, -0.25) is 0 Å². The van der Waals surface area contributed by atoms with Gasteiger partial charge in [0.2, 0.25) is 5.95 Å². The highest BCUT2D eigenvalue weighted by atomic mass is 16.5. The minimum atomic E-state index is -0.647. The zero-order valence-corrected chi connectivity index (χ0v) is 11.2. The number of aliphatic hydroxyl groups excluding tert-OH is 1. The number of likely N-dealkylation sites (N-methyl/N-ethyl adjacent to an activating group) is 1. The first-order valence-electron chi connectivity index (χ1n) is 5.69. The molecule has 0 aliphatic heterocycles. The van der Waals surface area contributed by atoms with Crippen molar-refractivity contribution in [2.75, 3.05) is 32.2 Å². The lowest BCUT2D eigenvalue weighted by atomic mass is 10.3. The number of oxime groups is 1. The van der Waals surface area contributed by atoms with Crippen LogP contribution in [0.3, 0.4) is 0 Å². The molecule has 19 heavy (non-hydrogen) atoms. The SMILES string of the molecule is COCC(O)CN(C)c1nc(C)cc(/C(N)=N/O)n1. The Morgan fingerprint density at radius 2 is 2.26 bits per heavy atom. The van der Waals surface area contributed by atoms with Crippen LogP contribution in [0.5, 0.6) is 0 Å². The van der Waals surface area contributed by atoms with Gasteiger partial charge in [0, 0.05) is 26.4 Å². The Hall–Kier alpha value is -1.93. The van der Waals surface area contributed by atoms with Gasteiger partial charge in [0.25, 0.3) is 0 Å². The van der Waals surface area contributed by atoms with Crippen LogP contribution in [-0.2, 0) is 4.74 Å². The molecule has 106 valence electrons. The first-order chi connectivity index (χ1) is 8.97. The van der Waals surface area contributed by atoms with Crippen molar-refractivity contribution in [1.82, 2.24) is 9.97 Å². The van der Waals surface area contributed by atoms with E-state index in [0.717, 1.165) is 0 Å². The number of nitrogens with zero attached hydrogens (tertiary/aromatic N) is 4. The van der Waals surface area contributed by atoms with Crippen LogP contribution in [0.2, 0.25) is 0 Å². The van der Waals surface area contributed by atoms with Crippen molar-refractivity contribution in [2.45, 2.75) is 13.0 Å². The number of methoxy groups -OCH3 is 1. The summed E-state index contributed by atoms with van der Waals surface area (Å²) in [6.45, 7) is 2.31. The van der Waals surface area contributed by atoms with E-state index in [0.29, 0.717) is 23.9 Å². The number of hydrogen-bond acceptors (Lipinski definition) is 7. The van der Waals surface area contributed by atoms with E-state index in [9.17, 15) is 5.11 Å². The molecule has 0 saturated carbocycles. The zero-order valence-electron chi connectivity index (χ0n) is 11.2. The Morgan fingerprint density at radius 1 is 1.58 bits per heavy atom. The van der Waals surface area contributed by atoms with Gasteiger partial charge in [0.1, 0.15) is 5.69 Å². The Balaban J connectivity index is 2.91. The Morgan fingerprint density at radius 3 is 2.84 bits per heavy atom. The quantitative estimate of drug-likeness (QED) is 0.271. The fraction of sp³-hybridized carbons (Fsp3) is 0.545. The number of aryl methyl sites for hydroxylation is 1. The van der Waals surface area contributed by atoms with Gasteiger partial charge < -0.3 is 25.7 Å². The molecule has 0 amide bonds. The molecule has 0 bridgehead atoms. The van der Waals surface area contributed by atoms with Crippen molar-refractivity contribution in [1.29, 1.82) is 0 Å². The topological polar surface area (TPSA) is 117 Å². The zero-order chi connectivity index (χ0) is 14.4. The largest absolute Gasteiger partial charge is 0.409 e. The Labute approximate surface area is 111 Å². The van der Waals surface area contributed by atoms with Crippen LogP contribution in [0.1, 0.15) is 11.4 Å². The second kappa shape index (κ2) is 6.86. The van der Waals surface area contributed by atoms with E-state index in [-0.39, 0.29) is 12.4 Å². The number of nitrogens with two attached hydrogens (primary N) is 1. The summed E-state index contributed by atoms with van der Waals surface area (Å²) in [6.07, 6.45) is -0.647. The smallest absolute Gasteiger partial charge is 0.226 e. The summed E-state index contributed by atoms with van der Waals surface area (Å²) < 4.78 is 4.85. The van der Waals surface area contributed by atoms with E-state index in [2.05, 4.69) is 15.1 Å². The van der Waals surface area contributed by atoms with Crippen LogP contribution in [0.25, 0.3) is 0 Å². The summed E-state index contributed by atoms with van der Waals surface area (Å²) in [5.74, 6) is 0.300. The molecule has 8 nitrogen and oxygen atoms in total. The monoisotopic (exact) mass is 269 g/mol. The van der Waals surface area contributed by atoms with Crippen LogP contribution < -0.4 is 10.6 Å². The maximum Gasteiger partial charge on any atom is 0.226 e. The van der Waals surface area contributed by atoms with Crippen LogP contribution in [-0.4, -0.2) is 59.5 Å². The minimum absolute atomic E-state index is 0.0856. The summed E-state index contributed by atoms with van der Waals surface area (Å²) in [5.41, 5.74) is 6.51. The molecule has 1 rings (SSSR count). The van der Waals surface area contributed by atoms with E-state index >= 15 is 0 Å². The molecule has 4 N–H and O–H groups in total. The average molecular weight is 269 g/mol. The molecule has 1 aromatic heterocycles. The molecule has 0 aromatic carbocycles. The van der Waals surface area contributed by atoms with Crippen LogP contribution in [0.4, 0.5) is 5.95 Å². The van der Waals surface area contributed by atoms with Crippen molar-refractivity contribution in [3.63, 3.8) is 0 Å². The van der Waals surface area contributed by atoms with Crippen molar-refractivity contribution >= 4 is 11.8 Å². The predicted octanol–water partition coefficient (Wildman–Crippen LogP) is -0.677. The third-order valence-electron chi connectivity index (χ3n) is 2.40. The highest BCUT2D eigenvalue weighted by molar-refractivity contribution is 5.95. The lowest BCUT2D eigenvalue weighted by molar-refractivity contribution is 0.0693. The molecular weight excluding hydrogens is 250 g/mol. The summed E-state index contributed by atoms with van der Waals surface area (Å²) in [7, 11) is 3.26. The Kier molecular flexibility index (Phi) is 5.46. The van der Waals surface area contributed by atoms with Crippen molar-refractivity contribution in [3.8, 4) is 0 Å². The first kappa shape index (κ1) is 15.1. The van der Waals surface area contributed by atoms with E-state index in [1.807, 2.05) is 0 Å². The lowest BCUT2D eigenvalue weighted by Gasteiger charge is -2.21. The summed E-state index contributed by atoms with van der Waals surface area (Å²) in [6, 6.07) is 1.61. The van der Waals surface area contributed by atoms with E-state index in [1.165, 1.54) is 7.11 Å². The fourth-order valence-electron chi connectivity index (χ4n) is 1.55. The lowest BCUT2D eigenvalue weighted by Crippen LogP contribution is -2.33. The molecule has 0 aliphatic rings. The van der Waals surface area contributed by atoms with Crippen LogP contribution in [0.15, 0.2) is 11.2 Å². The molecule has 1 atom stereocenters. The van der Waals surface area contributed by atoms with Crippen molar-refractivity contribution in [2.24, 2.45) is 10.9 Å². The summed E-state index contributed by atoms with van der Waals surface area (Å²) >= 11 is 0. The number of anilines is 1. The highest BCUT2D eigenvalue weighted by Gasteiger charge is 2.13. The van der Waals surface area contributed by atoms with Crippen LogP contribution >= 0.6 is 0 Å². The molecule has 1 heterocycles. The summed E-state index contributed by atoms with van der Waals surface area (Å²) in [4.78, 5) is 10.1. The number of hydrogen-bond donors (Lipinski definition) is 3. The van der Waals surface area contributed by atoms with Gasteiger partial charge in [-0.25, -0.2) is 9.97 Å². The highest BCUT2D eigenvalue weighted by Crippen LogP contribution is 2.09. The standard InChI is InChI=1S/C11H19N5O3/c1-7-4-9(10(12)15-18)14-11(13-7)16(2)5-8(17)6-19-3/h4,8,17-18H,5-6H2,1-3H3,(H2,12,15). The minimum Gasteiger partial charge on any atom is -0.409 e. The number of rotatable bonds is 6. The molecular formula is C11H19N5O3. The maximum absolute atomic E-state index is 9.66. The third kappa shape index (κ3) is 4.34. The fourth-order valence-corrected chi connectivity index (χ4v) is 1.55. The number of amidine groups is 1. The van der Waals surface area contributed by atoms with Gasteiger partial charge in [-0.1, -0.05) is 5.16 Å². The molecule has 0 aliphatic carbocycles.